The molecule has 2 aliphatic rings. The number of rotatable bonds is 16. The van der Waals surface area contributed by atoms with Crippen molar-refractivity contribution in [3.05, 3.63) is 105 Å². The normalized spacial score (nSPS) is 12.2. The zero-order chi connectivity index (χ0) is 46.7. The summed E-state index contributed by atoms with van der Waals surface area (Å²) >= 11 is 0. The quantitative estimate of drug-likeness (QED) is 0.0353. The van der Waals surface area contributed by atoms with Gasteiger partial charge in [-0.05, 0) is 112 Å². The Morgan fingerprint density at radius 3 is 1.78 bits per heavy atom. The maximum atomic E-state index is 13.3. The van der Waals surface area contributed by atoms with Gasteiger partial charge in [0.15, 0.2) is 0 Å². The SMILES string of the molecule is CCCCCC(=O)Nc1c(C)cc(C)c(N=c2ccc3c(-c4ccccc4S(=O)(=O)O)c4cc(S(=O)(=O)O)c(Nc5c(C)cc(C)c(NC(=O)CCCCC)c5C)cc4oc-3c2)c1C. The van der Waals surface area contributed by atoms with E-state index in [0.717, 1.165) is 66.3 Å². The predicted molar refractivity (Wildman–Crippen MR) is 253 cm³/mol. The van der Waals surface area contributed by atoms with Gasteiger partial charge >= 0.3 is 0 Å². The summed E-state index contributed by atoms with van der Waals surface area (Å²) < 4.78 is 80.0. The molecule has 0 aromatic heterocycles. The molecule has 1 heterocycles. The maximum absolute atomic E-state index is 13.3. The third-order valence-electron chi connectivity index (χ3n) is 11.5. The summed E-state index contributed by atoms with van der Waals surface area (Å²) in [5, 5.41) is 9.88. The number of unbranched alkanes of at least 4 members (excludes halogenated alkanes) is 4. The summed E-state index contributed by atoms with van der Waals surface area (Å²) in [6, 6.07) is 17.2. The van der Waals surface area contributed by atoms with Gasteiger partial charge in [-0.25, -0.2) is 4.99 Å². The first kappa shape index (κ1) is 47.6. The van der Waals surface area contributed by atoms with E-state index in [0.29, 0.717) is 52.1 Å². The van der Waals surface area contributed by atoms with E-state index in [1.165, 1.54) is 30.3 Å². The third kappa shape index (κ3) is 10.4. The van der Waals surface area contributed by atoms with Gasteiger partial charge in [-0.1, -0.05) is 69.9 Å². The molecule has 338 valence electrons. The molecule has 0 saturated heterocycles. The minimum absolute atomic E-state index is 0.0524. The third-order valence-corrected chi connectivity index (χ3v) is 13.3. The maximum Gasteiger partial charge on any atom is 0.296 e. The van der Waals surface area contributed by atoms with E-state index < -0.39 is 30.0 Å². The molecular formula is C49H56N4O9S2. The van der Waals surface area contributed by atoms with Crippen molar-refractivity contribution in [1.29, 1.82) is 0 Å². The van der Waals surface area contributed by atoms with E-state index in [2.05, 4.69) is 29.8 Å². The van der Waals surface area contributed by atoms with E-state index in [1.54, 1.807) is 31.2 Å². The summed E-state index contributed by atoms with van der Waals surface area (Å²) in [4.78, 5) is 29.9. The van der Waals surface area contributed by atoms with E-state index in [4.69, 9.17) is 9.41 Å². The van der Waals surface area contributed by atoms with Gasteiger partial charge in [-0.15, -0.1) is 0 Å². The fourth-order valence-corrected chi connectivity index (χ4v) is 9.68. The number of amides is 2. The lowest BCUT2D eigenvalue weighted by Gasteiger charge is -2.22. The molecule has 0 radical (unpaired) electrons. The van der Waals surface area contributed by atoms with Crippen molar-refractivity contribution < 1.29 is 39.9 Å². The minimum atomic E-state index is -4.96. The molecule has 0 bridgehead atoms. The lowest BCUT2D eigenvalue weighted by molar-refractivity contribution is -0.117. The molecule has 4 aromatic carbocycles. The van der Waals surface area contributed by atoms with Crippen LogP contribution in [-0.4, -0.2) is 37.8 Å². The topological polar surface area (TPSA) is 204 Å². The summed E-state index contributed by atoms with van der Waals surface area (Å²) in [5.41, 5.74) is 7.73. The van der Waals surface area contributed by atoms with E-state index in [9.17, 15) is 35.5 Å². The highest BCUT2D eigenvalue weighted by atomic mass is 32.2. The Balaban J connectivity index is 1.59. The molecule has 4 aromatic rings. The van der Waals surface area contributed by atoms with E-state index in [1.807, 2.05) is 46.8 Å². The van der Waals surface area contributed by atoms with Gasteiger partial charge in [-0.3, -0.25) is 18.7 Å². The first-order valence-electron chi connectivity index (χ1n) is 21.4. The van der Waals surface area contributed by atoms with Crippen molar-refractivity contribution in [2.24, 2.45) is 4.99 Å². The zero-order valence-corrected chi connectivity index (χ0v) is 39.2. The molecule has 0 atom stereocenters. The zero-order valence-electron chi connectivity index (χ0n) is 37.5. The Bertz CT molecular complexity index is 3070. The van der Waals surface area contributed by atoms with Crippen LogP contribution in [0, 0.1) is 41.5 Å². The highest BCUT2D eigenvalue weighted by Crippen LogP contribution is 2.45. The monoisotopic (exact) mass is 908 g/mol. The molecule has 64 heavy (non-hydrogen) atoms. The molecule has 0 saturated carbocycles. The Hall–Kier alpha value is -5.87. The number of carbonyl (C=O) groups excluding carboxylic acids is 2. The minimum Gasteiger partial charge on any atom is -0.456 e. The molecular weight excluding hydrogens is 853 g/mol. The number of hydrogen-bond donors (Lipinski definition) is 5. The number of fused-ring (bicyclic) bond motifs is 2. The van der Waals surface area contributed by atoms with Gasteiger partial charge in [0.1, 0.15) is 21.1 Å². The summed E-state index contributed by atoms with van der Waals surface area (Å²) in [6.07, 6.45) is 6.11. The molecule has 1 aliphatic heterocycles. The fraction of sp³-hybridized carbons (Fsp3) is 0.327. The fourth-order valence-electron chi connectivity index (χ4n) is 8.32. The average molecular weight is 909 g/mol. The van der Waals surface area contributed by atoms with Crippen molar-refractivity contribution in [3.63, 3.8) is 0 Å². The van der Waals surface area contributed by atoms with Crippen molar-refractivity contribution in [2.75, 3.05) is 16.0 Å². The van der Waals surface area contributed by atoms with Crippen LogP contribution in [0.4, 0.5) is 28.4 Å². The Kier molecular flexibility index (Phi) is 14.5. The molecule has 0 fully saturated rings. The second-order valence-corrected chi connectivity index (χ2v) is 19.2. The van der Waals surface area contributed by atoms with Crippen LogP contribution < -0.4 is 21.3 Å². The lowest BCUT2D eigenvalue weighted by Crippen LogP contribution is -2.14. The highest BCUT2D eigenvalue weighted by molar-refractivity contribution is 7.86. The van der Waals surface area contributed by atoms with Crippen LogP contribution in [-0.2, 0) is 29.8 Å². The largest absolute Gasteiger partial charge is 0.456 e. The van der Waals surface area contributed by atoms with Crippen LogP contribution in [0.15, 0.2) is 85.9 Å². The van der Waals surface area contributed by atoms with Gasteiger partial charge in [0.05, 0.1) is 16.7 Å². The van der Waals surface area contributed by atoms with Crippen LogP contribution >= 0.6 is 0 Å². The van der Waals surface area contributed by atoms with Crippen LogP contribution in [0.5, 0.6) is 0 Å². The van der Waals surface area contributed by atoms with Crippen molar-refractivity contribution in [2.45, 2.75) is 117 Å². The Morgan fingerprint density at radius 1 is 0.625 bits per heavy atom. The smallest absolute Gasteiger partial charge is 0.296 e. The second-order valence-electron chi connectivity index (χ2n) is 16.4. The van der Waals surface area contributed by atoms with Gasteiger partial charge in [0.2, 0.25) is 11.8 Å². The predicted octanol–water partition coefficient (Wildman–Crippen LogP) is 11.6. The number of benzene rings is 5. The van der Waals surface area contributed by atoms with Crippen LogP contribution in [0.25, 0.3) is 33.4 Å². The summed E-state index contributed by atoms with van der Waals surface area (Å²) in [5.74, 6) is 0.0142. The molecule has 2 amide bonds. The average Bonchev–Trinajstić information content (AvgIpc) is 3.22. The van der Waals surface area contributed by atoms with Crippen molar-refractivity contribution in [1.82, 2.24) is 0 Å². The number of nitrogens with zero attached hydrogens (tertiary/aromatic N) is 1. The van der Waals surface area contributed by atoms with Gasteiger partial charge in [0, 0.05) is 64.1 Å². The van der Waals surface area contributed by atoms with Crippen LogP contribution in [0.3, 0.4) is 0 Å². The van der Waals surface area contributed by atoms with Gasteiger partial charge in [-0.2, -0.15) is 16.8 Å². The molecule has 5 N–H and O–H groups in total. The van der Waals surface area contributed by atoms with Gasteiger partial charge < -0.3 is 20.4 Å². The van der Waals surface area contributed by atoms with Crippen LogP contribution in [0.2, 0.25) is 0 Å². The highest BCUT2D eigenvalue weighted by Gasteiger charge is 2.27. The van der Waals surface area contributed by atoms with Gasteiger partial charge in [0.25, 0.3) is 20.2 Å². The number of anilines is 4. The Labute approximate surface area is 375 Å². The number of aryl methyl sites for hydroxylation is 4. The molecule has 6 rings (SSSR count). The van der Waals surface area contributed by atoms with E-state index >= 15 is 0 Å². The summed E-state index contributed by atoms with van der Waals surface area (Å²) in [7, 11) is -9.77. The first-order chi connectivity index (χ1) is 30.2. The van der Waals surface area contributed by atoms with E-state index in [-0.39, 0.29) is 45.4 Å². The first-order valence-corrected chi connectivity index (χ1v) is 24.3. The second kappa shape index (κ2) is 19.5. The number of carbonyl (C=O) groups is 2. The number of nitrogens with one attached hydrogen (secondary N) is 3. The molecule has 1 aliphatic carbocycles. The molecule has 0 unspecified atom stereocenters. The summed E-state index contributed by atoms with van der Waals surface area (Å²) in [6.45, 7) is 15.4. The lowest BCUT2D eigenvalue weighted by atomic mass is 9.93. The molecule has 13 nitrogen and oxygen atoms in total. The standard InChI is InChI=1S/C49H56N4O9S2/c1-9-11-13-19-43(54)52-48-30(5)23-28(3)46(32(48)7)50-34-21-22-35-39(25-34)62-40-27-38(51-47-29(4)24-31(6)49(33(47)8)53-44(55)20-14-12-10-2)42(64(59,60)61)26-37(40)45(35)36-17-15-16-18-41(36)63(56,57)58/h15-18,21-27,51H,9-14,19-20H2,1-8H3,(H,52,54)(H,53,55)(H,56,57,58)(H,59,60,61). The van der Waals surface area contributed by atoms with Crippen LogP contribution in [0.1, 0.15) is 98.6 Å². The van der Waals surface area contributed by atoms with Crippen molar-refractivity contribution >= 4 is 71.5 Å². The Morgan fingerprint density at radius 2 is 1.19 bits per heavy atom. The molecule has 15 heteroatoms. The number of hydrogen-bond acceptors (Lipinski definition) is 9. The van der Waals surface area contributed by atoms with Crippen molar-refractivity contribution in [3.8, 4) is 22.5 Å². The molecule has 0 spiro atoms.